The van der Waals surface area contributed by atoms with Gasteiger partial charge in [-0.3, -0.25) is 9.59 Å². The average molecular weight is 551 g/mol. The van der Waals surface area contributed by atoms with Crippen molar-refractivity contribution in [1.82, 2.24) is 10.3 Å². The van der Waals surface area contributed by atoms with E-state index in [9.17, 15) is 19.8 Å². The molecular formula is C29H43FN2O7. The Bertz CT molecular complexity index is 1070. The first-order valence-corrected chi connectivity index (χ1v) is 14.1. The lowest BCUT2D eigenvalue weighted by Gasteiger charge is -2.36. The number of aryl methyl sites for hydroxylation is 1. The molecule has 8 atom stereocenters. The van der Waals surface area contributed by atoms with Crippen molar-refractivity contribution in [3.05, 3.63) is 23.7 Å². The number of amides is 1. The second-order valence-electron chi connectivity index (χ2n) is 12.4. The predicted octanol–water partition coefficient (Wildman–Crippen LogP) is 3.65. The molecule has 0 aromatic carbocycles. The molecule has 218 valence electrons. The molecule has 10 heteroatoms. The second kappa shape index (κ2) is 11.8. The summed E-state index contributed by atoms with van der Waals surface area (Å²) in [4.78, 5) is 30.9. The molecule has 0 bridgehead atoms. The van der Waals surface area contributed by atoms with Crippen LogP contribution in [-0.2, 0) is 19.1 Å². The highest BCUT2D eigenvalue weighted by Gasteiger charge is 2.53. The molecule has 8 unspecified atom stereocenters. The van der Waals surface area contributed by atoms with E-state index in [1.54, 1.807) is 20.8 Å². The highest BCUT2D eigenvalue weighted by molar-refractivity contribution is 5.88. The first-order valence-electron chi connectivity index (χ1n) is 14.1. The van der Waals surface area contributed by atoms with Gasteiger partial charge in [0, 0.05) is 25.3 Å². The normalized spacial score (nSPS) is 38.2. The lowest BCUT2D eigenvalue weighted by molar-refractivity contribution is -0.144. The topological polar surface area (TPSA) is 138 Å². The van der Waals surface area contributed by atoms with Gasteiger partial charge in [0.1, 0.15) is 23.6 Å². The Balaban J connectivity index is 1.57. The van der Waals surface area contributed by atoms with E-state index in [2.05, 4.69) is 10.3 Å². The quantitative estimate of drug-likeness (QED) is 0.473. The van der Waals surface area contributed by atoms with Crippen LogP contribution in [0.5, 0.6) is 0 Å². The number of oxazole rings is 1. The summed E-state index contributed by atoms with van der Waals surface area (Å²) in [5.41, 5.74) is -1.46. The number of Topliss-reactive ketones (excluding diaryl/α,β-unsaturated/α-hetero) is 1. The van der Waals surface area contributed by atoms with Crippen LogP contribution in [0.2, 0.25) is 0 Å². The van der Waals surface area contributed by atoms with E-state index < -0.39 is 53.3 Å². The van der Waals surface area contributed by atoms with Crippen molar-refractivity contribution in [2.75, 3.05) is 6.61 Å². The third-order valence-electron chi connectivity index (χ3n) is 8.79. The molecular weight excluding hydrogens is 507 g/mol. The average Bonchev–Trinajstić information content (AvgIpc) is 3.76. The highest BCUT2D eigenvalue weighted by atomic mass is 19.1. The van der Waals surface area contributed by atoms with Crippen LogP contribution in [0.25, 0.3) is 6.08 Å². The molecule has 4 heterocycles. The van der Waals surface area contributed by atoms with Crippen LogP contribution < -0.4 is 5.32 Å². The number of carbonyl (C=O) groups is 2. The van der Waals surface area contributed by atoms with E-state index in [0.717, 1.165) is 6.42 Å². The monoisotopic (exact) mass is 550 g/mol. The smallest absolute Gasteiger partial charge is 0.223 e. The molecule has 3 fully saturated rings. The molecule has 3 saturated heterocycles. The minimum atomic E-state index is -1.33. The first-order chi connectivity index (χ1) is 18.3. The second-order valence-corrected chi connectivity index (χ2v) is 12.4. The Morgan fingerprint density at radius 3 is 2.62 bits per heavy atom. The number of halogens is 1. The van der Waals surface area contributed by atoms with Gasteiger partial charge in [0.15, 0.2) is 5.89 Å². The summed E-state index contributed by atoms with van der Waals surface area (Å²) in [5.74, 6) is -1.91. The number of nitrogens with zero attached hydrogens (tertiary/aromatic N) is 1. The molecule has 9 nitrogen and oxygen atoms in total. The summed E-state index contributed by atoms with van der Waals surface area (Å²) in [6.07, 6.45) is 3.28. The summed E-state index contributed by atoms with van der Waals surface area (Å²) in [6, 6.07) is -0.993. The van der Waals surface area contributed by atoms with Crippen molar-refractivity contribution in [2.45, 2.75) is 116 Å². The number of hydrogen-bond donors (Lipinski definition) is 3. The summed E-state index contributed by atoms with van der Waals surface area (Å²) in [6.45, 7) is 9.42. The molecule has 1 aromatic heterocycles. The van der Waals surface area contributed by atoms with Crippen LogP contribution in [0, 0.1) is 24.2 Å². The predicted molar refractivity (Wildman–Crippen MR) is 141 cm³/mol. The Morgan fingerprint density at radius 2 is 1.97 bits per heavy atom. The number of nitrogens with one attached hydrogen (secondary N) is 1. The van der Waals surface area contributed by atoms with Gasteiger partial charge in [-0.2, -0.15) is 0 Å². The molecule has 3 aliphatic rings. The van der Waals surface area contributed by atoms with Crippen molar-refractivity contribution in [1.29, 1.82) is 0 Å². The zero-order chi connectivity index (χ0) is 28.5. The van der Waals surface area contributed by atoms with E-state index in [0.29, 0.717) is 43.9 Å². The Labute approximate surface area is 229 Å². The molecule has 0 spiro atoms. The van der Waals surface area contributed by atoms with Gasteiger partial charge in [-0.25, -0.2) is 9.37 Å². The number of aliphatic hydroxyl groups excluding tert-OH is 2. The fourth-order valence-electron chi connectivity index (χ4n) is 5.68. The molecule has 3 aliphatic heterocycles. The van der Waals surface area contributed by atoms with E-state index in [1.165, 1.54) is 12.3 Å². The van der Waals surface area contributed by atoms with E-state index in [1.807, 2.05) is 13.8 Å². The first kappa shape index (κ1) is 29.8. The largest absolute Gasteiger partial charge is 0.449 e. The van der Waals surface area contributed by atoms with Crippen molar-refractivity contribution in [3.63, 3.8) is 0 Å². The van der Waals surface area contributed by atoms with E-state index >= 15 is 4.39 Å². The third kappa shape index (κ3) is 7.34. The van der Waals surface area contributed by atoms with Crippen LogP contribution in [0.3, 0.4) is 0 Å². The van der Waals surface area contributed by atoms with Gasteiger partial charge < -0.3 is 29.4 Å². The fourth-order valence-corrected chi connectivity index (χ4v) is 5.68. The van der Waals surface area contributed by atoms with Gasteiger partial charge in [0.25, 0.3) is 0 Å². The van der Waals surface area contributed by atoms with E-state index in [-0.39, 0.29) is 30.3 Å². The van der Waals surface area contributed by atoms with Gasteiger partial charge in [-0.15, -0.1) is 0 Å². The number of aromatic nitrogens is 1. The minimum Gasteiger partial charge on any atom is -0.449 e. The molecule has 0 aliphatic carbocycles. The number of fused-ring (bicyclic) bond motifs is 1. The summed E-state index contributed by atoms with van der Waals surface area (Å²) in [5, 5.41) is 25.0. The van der Waals surface area contributed by atoms with Gasteiger partial charge in [-0.05, 0) is 38.5 Å². The van der Waals surface area contributed by atoms with Gasteiger partial charge in [0.05, 0.1) is 54.5 Å². The lowest BCUT2D eigenvalue weighted by atomic mass is 9.70. The number of ketones is 1. The van der Waals surface area contributed by atoms with Crippen molar-refractivity contribution < 1.29 is 38.1 Å². The van der Waals surface area contributed by atoms with Crippen molar-refractivity contribution in [2.24, 2.45) is 17.3 Å². The molecule has 4 rings (SSSR count). The number of carbonyl (C=O) groups excluding carboxylic acids is 2. The lowest BCUT2D eigenvalue weighted by Crippen LogP contribution is -2.48. The maximum atomic E-state index is 15.4. The zero-order valence-corrected chi connectivity index (χ0v) is 23.6. The van der Waals surface area contributed by atoms with Crippen LogP contribution in [-0.4, -0.2) is 69.6 Å². The Kier molecular flexibility index (Phi) is 9.00. The Morgan fingerprint density at radius 1 is 1.26 bits per heavy atom. The molecule has 0 saturated carbocycles. The van der Waals surface area contributed by atoms with Crippen molar-refractivity contribution >= 4 is 17.8 Å². The fraction of sp³-hybridized carbons (Fsp3) is 0.759. The van der Waals surface area contributed by atoms with Crippen molar-refractivity contribution in [3.8, 4) is 0 Å². The highest BCUT2D eigenvalue weighted by Crippen LogP contribution is 2.45. The van der Waals surface area contributed by atoms with Crippen LogP contribution >= 0.6 is 0 Å². The number of ether oxygens (including phenoxy) is 2. The maximum absolute atomic E-state index is 15.4. The SMILES string of the molecule is Cc1nc(C=C(F)C2CC3OC3(C)CCCC(C)C(O)C(CCC3CO3)C(=O)C(C)(C)C(O)CC(=O)N2)co1. The number of hydrogen-bond acceptors (Lipinski definition) is 8. The molecule has 3 N–H and O–H groups in total. The number of aliphatic hydroxyl groups is 2. The molecule has 39 heavy (non-hydrogen) atoms. The van der Waals surface area contributed by atoms with Crippen LogP contribution in [0.15, 0.2) is 16.5 Å². The Hall–Kier alpha value is -2.14. The standard InChI is InChI=1S/C29H43FN2O7/c1-16-7-6-10-29(5)24(39-29)12-22(21(30)11-18-14-37-17(2)31-18)32-25(34)13-23(33)28(3,4)27(36)20(26(16)35)9-8-19-15-38-19/h11,14,16,19-20,22-24,26,33,35H,6-10,12-13,15H2,1-5H3,(H,32,34). The van der Waals surface area contributed by atoms with E-state index in [4.69, 9.17) is 13.9 Å². The molecule has 0 radical (unpaired) electrons. The maximum Gasteiger partial charge on any atom is 0.223 e. The molecule has 1 aromatic rings. The zero-order valence-electron chi connectivity index (χ0n) is 23.6. The summed E-state index contributed by atoms with van der Waals surface area (Å²) in [7, 11) is 0. The summed E-state index contributed by atoms with van der Waals surface area (Å²) < 4.78 is 31.9. The summed E-state index contributed by atoms with van der Waals surface area (Å²) >= 11 is 0. The van der Waals surface area contributed by atoms with Gasteiger partial charge in [0.2, 0.25) is 5.91 Å². The minimum absolute atomic E-state index is 0.101. The molecule has 1 amide bonds. The van der Waals surface area contributed by atoms with Gasteiger partial charge in [-0.1, -0.05) is 27.2 Å². The number of epoxide rings is 2. The van der Waals surface area contributed by atoms with Crippen LogP contribution in [0.1, 0.15) is 84.2 Å². The van der Waals surface area contributed by atoms with Crippen LogP contribution in [0.4, 0.5) is 4.39 Å². The third-order valence-corrected chi connectivity index (χ3v) is 8.79. The van der Waals surface area contributed by atoms with Gasteiger partial charge >= 0.3 is 0 Å². The number of rotatable bonds is 5.